The lowest BCUT2D eigenvalue weighted by Gasteiger charge is -2.11. The first-order valence-corrected chi connectivity index (χ1v) is 6.40. The second-order valence-electron chi connectivity index (χ2n) is 3.46. The van der Waals surface area contributed by atoms with Crippen molar-refractivity contribution in [3.05, 3.63) is 50.7 Å². The second-order valence-corrected chi connectivity index (χ2v) is 5.10. The minimum atomic E-state index is -0.475. The van der Waals surface area contributed by atoms with Crippen LogP contribution in [-0.4, -0.2) is 0 Å². The molecular formula is C12H7BrCl2FNO. The van der Waals surface area contributed by atoms with E-state index in [9.17, 15) is 4.39 Å². The molecule has 2 aromatic rings. The molecule has 0 aliphatic rings. The molecular weight excluding hydrogens is 344 g/mol. The zero-order chi connectivity index (χ0) is 13.3. The standard InChI is InChI=1S/C12H7BrCl2FNO/c13-6-4-9(17)11(5-8(6)16)18-10-3-1-2-7(14)12(10)15/h1-5H,17H2. The van der Waals surface area contributed by atoms with Gasteiger partial charge in [0.15, 0.2) is 5.75 Å². The van der Waals surface area contributed by atoms with Gasteiger partial charge >= 0.3 is 0 Å². The third kappa shape index (κ3) is 2.71. The first-order valence-electron chi connectivity index (χ1n) is 4.85. The number of nitrogens with two attached hydrogens (primary N) is 1. The average molecular weight is 351 g/mol. The zero-order valence-electron chi connectivity index (χ0n) is 8.88. The van der Waals surface area contributed by atoms with Gasteiger partial charge in [-0.3, -0.25) is 0 Å². The summed E-state index contributed by atoms with van der Waals surface area (Å²) in [6.45, 7) is 0. The molecule has 2 N–H and O–H groups in total. The van der Waals surface area contributed by atoms with Crippen molar-refractivity contribution in [1.82, 2.24) is 0 Å². The molecule has 2 nitrogen and oxygen atoms in total. The van der Waals surface area contributed by atoms with Crippen molar-refractivity contribution in [2.45, 2.75) is 0 Å². The SMILES string of the molecule is Nc1cc(Br)c(F)cc1Oc1cccc(Cl)c1Cl. The van der Waals surface area contributed by atoms with Gasteiger partial charge in [0.25, 0.3) is 0 Å². The zero-order valence-corrected chi connectivity index (χ0v) is 12.0. The van der Waals surface area contributed by atoms with E-state index in [1.807, 2.05) is 0 Å². The molecule has 2 aromatic carbocycles. The Morgan fingerprint density at radius 1 is 1.17 bits per heavy atom. The summed E-state index contributed by atoms with van der Waals surface area (Å²) in [6.07, 6.45) is 0. The van der Waals surface area contributed by atoms with Gasteiger partial charge in [0.1, 0.15) is 16.6 Å². The Balaban J connectivity index is 2.40. The van der Waals surface area contributed by atoms with Gasteiger partial charge in [-0.2, -0.15) is 0 Å². The molecule has 0 unspecified atom stereocenters. The predicted molar refractivity (Wildman–Crippen MR) is 75.0 cm³/mol. The van der Waals surface area contributed by atoms with E-state index in [1.165, 1.54) is 12.1 Å². The number of halogens is 4. The van der Waals surface area contributed by atoms with Crippen LogP contribution in [0.25, 0.3) is 0 Å². The molecule has 0 radical (unpaired) electrons. The average Bonchev–Trinajstić information content (AvgIpc) is 2.32. The Kier molecular flexibility index (Phi) is 4.00. The van der Waals surface area contributed by atoms with Crippen molar-refractivity contribution < 1.29 is 9.13 Å². The van der Waals surface area contributed by atoms with Crippen LogP contribution in [0.15, 0.2) is 34.8 Å². The first kappa shape index (κ1) is 13.5. The van der Waals surface area contributed by atoms with E-state index in [2.05, 4.69) is 15.9 Å². The maximum atomic E-state index is 13.4. The van der Waals surface area contributed by atoms with Gasteiger partial charge in [-0.1, -0.05) is 29.3 Å². The van der Waals surface area contributed by atoms with Crippen LogP contribution < -0.4 is 10.5 Å². The van der Waals surface area contributed by atoms with Crippen LogP contribution >= 0.6 is 39.1 Å². The Hall–Kier alpha value is -0.970. The Morgan fingerprint density at radius 3 is 2.61 bits per heavy atom. The van der Waals surface area contributed by atoms with Gasteiger partial charge in [-0.25, -0.2) is 4.39 Å². The summed E-state index contributed by atoms with van der Waals surface area (Å²) in [4.78, 5) is 0. The molecule has 6 heteroatoms. The largest absolute Gasteiger partial charge is 0.453 e. The van der Waals surface area contributed by atoms with Gasteiger partial charge in [0.2, 0.25) is 0 Å². The van der Waals surface area contributed by atoms with Gasteiger partial charge in [0, 0.05) is 6.07 Å². The van der Waals surface area contributed by atoms with Gasteiger partial charge in [-0.05, 0) is 34.1 Å². The van der Waals surface area contributed by atoms with E-state index in [0.717, 1.165) is 0 Å². The monoisotopic (exact) mass is 349 g/mol. The lowest BCUT2D eigenvalue weighted by Crippen LogP contribution is -1.94. The fraction of sp³-hybridized carbons (Fsp3) is 0. The van der Waals surface area contributed by atoms with Crippen molar-refractivity contribution >= 4 is 44.8 Å². The molecule has 0 saturated carbocycles. The molecule has 18 heavy (non-hydrogen) atoms. The number of benzene rings is 2. The summed E-state index contributed by atoms with van der Waals surface area (Å²) in [5.41, 5.74) is 6.02. The highest BCUT2D eigenvalue weighted by Crippen LogP contribution is 2.37. The van der Waals surface area contributed by atoms with Crippen molar-refractivity contribution in [3.63, 3.8) is 0 Å². The van der Waals surface area contributed by atoms with E-state index in [4.69, 9.17) is 33.7 Å². The molecule has 0 amide bonds. The Bertz CT molecular complexity index is 607. The lowest BCUT2D eigenvalue weighted by atomic mass is 10.3. The molecule has 0 spiro atoms. The van der Waals surface area contributed by atoms with Crippen molar-refractivity contribution in [2.75, 3.05) is 5.73 Å². The normalized spacial score (nSPS) is 10.4. The van der Waals surface area contributed by atoms with E-state index in [1.54, 1.807) is 18.2 Å². The van der Waals surface area contributed by atoms with Crippen LogP contribution in [0, 0.1) is 5.82 Å². The number of hydrogen-bond donors (Lipinski definition) is 1. The summed E-state index contributed by atoms with van der Waals surface area (Å²) in [5.74, 6) is 0.0230. The van der Waals surface area contributed by atoms with Crippen molar-refractivity contribution in [2.24, 2.45) is 0 Å². The van der Waals surface area contributed by atoms with Crippen LogP contribution in [0.2, 0.25) is 10.0 Å². The smallest absolute Gasteiger partial charge is 0.153 e. The Labute approximate surface area is 122 Å². The predicted octanol–water partition coefficient (Wildman–Crippen LogP) is 5.27. The van der Waals surface area contributed by atoms with E-state index in [-0.39, 0.29) is 15.2 Å². The summed E-state index contributed by atoms with van der Waals surface area (Å²) in [7, 11) is 0. The number of rotatable bonds is 2. The molecule has 0 heterocycles. The summed E-state index contributed by atoms with van der Waals surface area (Å²) < 4.78 is 19.1. The van der Waals surface area contributed by atoms with E-state index < -0.39 is 5.82 Å². The third-order valence-corrected chi connectivity index (χ3v) is 3.60. The highest BCUT2D eigenvalue weighted by molar-refractivity contribution is 9.10. The molecule has 0 aliphatic heterocycles. The van der Waals surface area contributed by atoms with Gasteiger partial charge < -0.3 is 10.5 Å². The number of ether oxygens (including phenoxy) is 1. The third-order valence-electron chi connectivity index (χ3n) is 2.19. The number of nitrogen functional groups attached to an aromatic ring is 1. The van der Waals surface area contributed by atoms with Crippen molar-refractivity contribution in [1.29, 1.82) is 0 Å². The molecule has 0 aliphatic carbocycles. The quantitative estimate of drug-likeness (QED) is 0.749. The minimum absolute atomic E-state index is 0.180. The fourth-order valence-corrected chi connectivity index (χ4v) is 2.01. The topological polar surface area (TPSA) is 35.2 Å². The summed E-state index contributed by atoms with van der Waals surface area (Å²) in [6, 6.07) is 7.52. The highest BCUT2D eigenvalue weighted by atomic mass is 79.9. The molecule has 94 valence electrons. The molecule has 2 rings (SSSR count). The molecule has 0 fully saturated rings. The number of anilines is 1. The van der Waals surface area contributed by atoms with Gasteiger partial charge in [-0.15, -0.1) is 0 Å². The van der Waals surface area contributed by atoms with Crippen LogP contribution in [0.5, 0.6) is 11.5 Å². The fourth-order valence-electron chi connectivity index (χ4n) is 1.31. The van der Waals surface area contributed by atoms with Crippen LogP contribution in [0.4, 0.5) is 10.1 Å². The molecule has 0 saturated heterocycles. The summed E-state index contributed by atoms with van der Waals surface area (Å²) in [5, 5.41) is 0.604. The van der Waals surface area contributed by atoms with Crippen LogP contribution in [-0.2, 0) is 0 Å². The highest BCUT2D eigenvalue weighted by Gasteiger charge is 2.11. The lowest BCUT2D eigenvalue weighted by molar-refractivity contribution is 0.479. The van der Waals surface area contributed by atoms with E-state index in [0.29, 0.717) is 16.5 Å². The van der Waals surface area contributed by atoms with E-state index >= 15 is 0 Å². The molecule has 0 bridgehead atoms. The van der Waals surface area contributed by atoms with Crippen LogP contribution in [0.3, 0.4) is 0 Å². The maximum absolute atomic E-state index is 13.4. The Morgan fingerprint density at radius 2 is 1.89 bits per heavy atom. The maximum Gasteiger partial charge on any atom is 0.153 e. The summed E-state index contributed by atoms with van der Waals surface area (Å²) >= 11 is 14.9. The van der Waals surface area contributed by atoms with Crippen molar-refractivity contribution in [3.8, 4) is 11.5 Å². The first-order chi connectivity index (χ1) is 8.49. The molecule has 0 atom stereocenters. The number of hydrogen-bond acceptors (Lipinski definition) is 2. The molecule has 0 aromatic heterocycles. The van der Waals surface area contributed by atoms with Gasteiger partial charge in [0.05, 0.1) is 15.2 Å². The van der Waals surface area contributed by atoms with Crippen LogP contribution in [0.1, 0.15) is 0 Å². The minimum Gasteiger partial charge on any atom is -0.453 e. The second kappa shape index (κ2) is 5.34.